The molecule has 136 valence electrons. The summed E-state index contributed by atoms with van der Waals surface area (Å²) in [5.74, 6) is 0.0795. The van der Waals surface area contributed by atoms with Crippen molar-refractivity contribution >= 4 is 17.0 Å². The van der Waals surface area contributed by atoms with Gasteiger partial charge in [0.15, 0.2) is 0 Å². The van der Waals surface area contributed by atoms with Gasteiger partial charge >= 0.3 is 0 Å². The highest BCUT2D eigenvalue weighted by Gasteiger charge is 2.24. The number of rotatable bonds is 2. The molecule has 3 aromatic heterocycles. The molecule has 27 heavy (non-hydrogen) atoms. The topological polar surface area (TPSA) is 53.7 Å². The van der Waals surface area contributed by atoms with Crippen molar-refractivity contribution in [2.24, 2.45) is 0 Å². The summed E-state index contributed by atoms with van der Waals surface area (Å²) in [5.41, 5.74) is 6.12. The molecule has 4 heterocycles. The Morgan fingerprint density at radius 2 is 1.96 bits per heavy atom. The molecule has 1 saturated heterocycles. The Balaban J connectivity index is 1.47. The van der Waals surface area contributed by atoms with E-state index in [4.69, 9.17) is 0 Å². The zero-order valence-corrected chi connectivity index (χ0v) is 15.3. The van der Waals surface area contributed by atoms with Crippen LogP contribution in [0, 0.1) is 0 Å². The van der Waals surface area contributed by atoms with E-state index in [0.29, 0.717) is 5.56 Å². The third-order valence-corrected chi connectivity index (χ3v) is 5.51. The Morgan fingerprint density at radius 3 is 2.81 bits per heavy atom. The lowest BCUT2D eigenvalue weighted by Gasteiger charge is -2.32. The zero-order chi connectivity index (χ0) is 18.4. The SMILES string of the molecule is CN1CCN(C(=O)c2cnc3c(c2)C(c2ccn4nccc4c2)=CC3)CC1. The van der Waals surface area contributed by atoms with E-state index in [9.17, 15) is 4.79 Å². The lowest BCUT2D eigenvalue weighted by Crippen LogP contribution is -2.47. The molecular formula is C21H21N5O. The third kappa shape index (κ3) is 2.82. The van der Waals surface area contributed by atoms with E-state index in [1.807, 2.05) is 27.7 Å². The van der Waals surface area contributed by atoms with Gasteiger partial charge in [0, 0.05) is 56.8 Å². The maximum Gasteiger partial charge on any atom is 0.255 e. The maximum absolute atomic E-state index is 12.9. The van der Waals surface area contributed by atoms with Gasteiger partial charge in [0.25, 0.3) is 5.91 Å². The van der Waals surface area contributed by atoms with E-state index in [2.05, 4.69) is 40.2 Å². The lowest BCUT2D eigenvalue weighted by atomic mass is 10.00. The number of nitrogens with zero attached hydrogens (tertiary/aromatic N) is 5. The van der Waals surface area contributed by atoms with Gasteiger partial charge in [-0.1, -0.05) is 6.08 Å². The summed E-state index contributed by atoms with van der Waals surface area (Å²) in [7, 11) is 2.09. The molecule has 0 bridgehead atoms. The minimum Gasteiger partial charge on any atom is -0.336 e. The number of carbonyl (C=O) groups is 1. The van der Waals surface area contributed by atoms with Gasteiger partial charge in [-0.3, -0.25) is 9.78 Å². The van der Waals surface area contributed by atoms with Crippen LogP contribution in [0.1, 0.15) is 27.2 Å². The molecule has 1 fully saturated rings. The first-order valence-electron chi connectivity index (χ1n) is 9.30. The van der Waals surface area contributed by atoms with Crippen LogP contribution in [-0.4, -0.2) is 63.5 Å². The predicted octanol–water partition coefficient (Wildman–Crippen LogP) is 2.10. The first-order valence-corrected chi connectivity index (χ1v) is 9.30. The van der Waals surface area contributed by atoms with Crippen molar-refractivity contribution in [2.75, 3.05) is 33.2 Å². The van der Waals surface area contributed by atoms with Gasteiger partial charge in [-0.2, -0.15) is 5.10 Å². The summed E-state index contributed by atoms with van der Waals surface area (Å²) in [6.45, 7) is 3.38. The van der Waals surface area contributed by atoms with Crippen LogP contribution in [0.5, 0.6) is 0 Å². The van der Waals surface area contributed by atoms with Crippen LogP contribution < -0.4 is 0 Å². The van der Waals surface area contributed by atoms with Gasteiger partial charge in [0.2, 0.25) is 0 Å². The number of amides is 1. The molecular weight excluding hydrogens is 338 g/mol. The smallest absolute Gasteiger partial charge is 0.255 e. The Kier molecular flexibility index (Phi) is 3.79. The van der Waals surface area contributed by atoms with Gasteiger partial charge in [-0.05, 0) is 42.4 Å². The maximum atomic E-state index is 12.9. The largest absolute Gasteiger partial charge is 0.336 e. The van der Waals surface area contributed by atoms with E-state index in [-0.39, 0.29) is 5.91 Å². The molecule has 0 unspecified atom stereocenters. The van der Waals surface area contributed by atoms with Crippen LogP contribution in [0.4, 0.5) is 0 Å². The zero-order valence-electron chi connectivity index (χ0n) is 15.3. The fraction of sp³-hybridized carbons (Fsp3) is 0.286. The second-order valence-electron chi connectivity index (χ2n) is 7.25. The first-order chi connectivity index (χ1) is 13.2. The molecule has 6 nitrogen and oxygen atoms in total. The van der Waals surface area contributed by atoms with Crippen LogP contribution in [0.3, 0.4) is 0 Å². The molecule has 0 spiro atoms. The van der Waals surface area contributed by atoms with Gasteiger partial charge in [-0.15, -0.1) is 0 Å². The second kappa shape index (κ2) is 6.32. The number of hydrogen-bond donors (Lipinski definition) is 0. The molecule has 6 heteroatoms. The summed E-state index contributed by atoms with van der Waals surface area (Å²) in [6, 6.07) is 8.20. The number of pyridine rings is 2. The quantitative estimate of drug-likeness (QED) is 0.703. The first kappa shape index (κ1) is 16.2. The summed E-state index contributed by atoms with van der Waals surface area (Å²) in [6.07, 6.45) is 8.50. The molecule has 2 aliphatic rings. The van der Waals surface area contributed by atoms with Crippen LogP contribution in [0.25, 0.3) is 11.1 Å². The number of likely N-dealkylation sites (N-methyl/N-ethyl adjacent to an activating group) is 1. The minimum atomic E-state index is 0.0795. The van der Waals surface area contributed by atoms with E-state index in [1.54, 1.807) is 12.4 Å². The number of aromatic nitrogens is 3. The molecule has 1 aliphatic heterocycles. The predicted molar refractivity (Wildman–Crippen MR) is 104 cm³/mol. The number of hydrogen-bond acceptors (Lipinski definition) is 4. The highest BCUT2D eigenvalue weighted by molar-refractivity contribution is 5.96. The number of fused-ring (bicyclic) bond motifs is 2. The fourth-order valence-electron chi connectivity index (χ4n) is 3.87. The van der Waals surface area contributed by atoms with Gasteiger partial charge in [-0.25, -0.2) is 4.52 Å². The van der Waals surface area contributed by atoms with Crippen molar-refractivity contribution in [1.82, 2.24) is 24.4 Å². The molecule has 0 saturated carbocycles. The number of piperazine rings is 1. The molecule has 1 aliphatic carbocycles. The summed E-state index contributed by atoms with van der Waals surface area (Å²) < 4.78 is 1.85. The second-order valence-corrected chi connectivity index (χ2v) is 7.25. The lowest BCUT2D eigenvalue weighted by molar-refractivity contribution is 0.0663. The summed E-state index contributed by atoms with van der Waals surface area (Å²) in [5, 5.41) is 4.26. The summed E-state index contributed by atoms with van der Waals surface area (Å²) in [4.78, 5) is 21.7. The minimum absolute atomic E-state index is 0.0795. The Hall–Kier alpha value is -2.99. The summed E-state index contributed by atoms with van der Waals surface area (Å²) >= 11 is 0. The molecule has 0 N–H and O–H groups in total. The van der Waals surface area contributed by atoms with Crippen molar-refractivity contribution in [3.63, 3.8) is 0 Å². The van der Waals surface area contributed by atoms with Crippen molar-refractivity contribution in [2.45, 2.75) is 6.42 Å². The van der Waals surface area contributed by atoms with Gasteiger partial charge in [0.1, 0.15) is 0 Å². The molecule has 0 aromatic carbocycles. The highest BCUT2D eigenvalue weighted by Crippen LogP contribution is 2.32. The number of allylic oxidation sites excluding steroid dienone is 1. The van der Waals surface area contributed by atoms with Crippen molar-refractivity contribution < 1.29 is 4.79 Å². The molecule has 5 rings (SSSR count). The number of carbonyl (C=O) groups excluding carboxylic acids is 1. The molecule has 1 amide bonds. The van der Waals surface area contributed by atoms with Crippen molar-refractivity contribution in [1.29, 1.82) is 0 Å². The Bertz CT molecular complexity index is 1060. The van der Waals surface area contributed by atoms with Gasteiger partial charge in [0.05, 0.1) is 16.8 Å². The molecule has 0 atom stereocenters. The van der Waals surface area contributed by atoms with E-state index in [1.165, 1.54) is 0 Å². The van der Waals surface area contributed by atoms with Crippen LogP contribution in [0.15, 0.2) is 48.9 Å². The van der Waals surface area contributed by atoms with E-state index < -0.39 is 0 Å². The highest BCUT2D eigenvalue weighted by atomic mass is 16.2. The average Bonchev–Trinajstić information content (AvgIpc) is 3.33. The normalized spacial score (nSPS) is 17.2. The Labute approximate surface area is 157 Å². The average molecular weight is 359 g/mol. The monoisotopic (exact) mass is 359 g/mol. The van der Waals surface area contributed by atoms with Crippen LogP contribution >= 0.6 is 0 Å². The molecule has 3 aromatic rings. The van der Waals surface area contributed by atoms with Crippen LogP contribution in [0.2, 0.25) is 0 Å². The molecule has 0 radical (unpaired) electrons. The van der Waals surface area contributed by atoms with E-state index in [0.717, 1.165) is 60.5 Å². The fourth-order valence-corrected chi connectivity index (χ4v) is 3.87. The Morgan fingerprint density at radius 1 is 1.11 bits per heavy atom. The van der Waals surface area contributed by atoms with Gasteiger partial charge < -0.3 is 9.80 Å². The van der Waals surface area contributed by atoms with E-state index >= 15 is 0 Å². The van der Waals surface area contributed by atoms with Crippen molar-refractivity contribution in [3.8, 4) is 0 Å². The van der Waals surface area contributed by atoms with Crippen molar-refractivity contribution in [3.05, 3.63) is 71.3 Å². The van der Waals surface area contributed by atoms with Crippen LogP contribution in [-0.2, 0) is 6.42 Å². The third-order valence-electron chi connectivity index (χ3n) is 5.51. The standard InChI is InChI=1S/C21H21N5O/c1-24-8-10-25(11-9-24)21(27)16-13-19-18(2-3-20(19)22-14-16)15-5-7-26-17(12-15)4-6-23-26/h2,4-7,12-14H,3,8-11H2,1H3.